The van der Waals surface area contributed by atoms with Gasteiger partial charge in [-0.05, 0) is 41.5 Å². The van der Waals surface area contributed by atoms with Crippen LogP contribution in [0.3, 0.4) is 0 Å². The van der Waals surface area contributed by atoms with Crippen molar-refractivity contribution in [3.8, 4) is 0 Å². The molecule has 0 N–H and O–H groups in total. The highest BCUT2D eigenvalue weighted by molar-refractivity contribution is 9.10. The van der Waals surface area contributed by atoms with Crippen LogP contribution in [0.5, 0.6) is 0 Å². The molecule has 2 aromatic carbocycles. The third kappa shape index (κ3) is 3.88. The van der Waals surface area contributed by atoms with E-state index in [1.54, 1.807) is 0 Å². The third-order valence-corrected chi connectivity index (χ3v) is 3.98. The summed E-state index contributed by atoms with van der Waals surface area (Å²) in [5, 5.41) is 0.719. The fourth-order valence-corrected chi connectivity index (χ4v) is 2.66. The molecule has 19 heavy (non-hydrogen) atoms. The van der Waals surface area contributed by atoms with E-state index in [2.05, 4.69) is 40.0 Å². The molecular formula is C15H14BrCl2N. The minimum atomic E-state index is 0.459. The molecule has 0 aromatic heterocycles. The summed E-state index contributed by atoms with van der Waals surface area (Å²) in [5.74, 6) is 0.459. The van der Waals surface area contributed by atoms with Gasteiger partial charge in [-0.15, -0.1) is 11.6 Å². The fourth-order valence-electron chi connectivity index (χ4n) is 1.98. The second-order valence-corrected chi connectivity index (χ2v) is 6.01. The number of nitrogens with zero attached hydrogens (tertiary/aromatic N) is 1. The molecule has 0 saturated heterocycles. The molecule has 0 unspecified atom stereocenters. The monoisotopic (exact) mass is 357 g/mol. The molecule has 0 heterocycles. The Hall–Kier alpha value is -0.700. The summed E-state index contributed by atoms with van der Waals surface area (Å²) in [4.78, 5) is 2.18. The predicted octanol–water partition coefficient (Wildman–Crippen LogP) is 5.48. The second kappa shape index (κ2) is 6.65. The Morgan fingerprint density at radius 3 is 2.42 bits per heavy atom. The molecule has 2 rings (SSSR count). The number of halogens is 3. The number of benzene rings is 2. The first kappa shape index (κ1) is 14.7. The van der Waals surface area contributed by atoms with Crippen molar-refractivity contribution in [1.29, 1.82) is 0 Å². The molecule has 0 bridgehead atoms. The van der Waals surface area contributed by atoms with E-state index in [-0.39, 0.29) is 0 Å². The standard InChI is InChI=1S/C15H14BrCl2N/c1-19(10-11-2-4-13(16)5-3-11)15-7-6-14(18)8-12(15)9-17/h2-8H,9-10H2,1H3. The van der Waals surface area contributed by atoms with Crippen LogP contribution in [0.25, 0.3) is 0 Å². The lowest BCUT2D eigenvalue weighted by atomic mass is 10.1. The van der Waals surface area contributed by atoms with Gasteiger partial charge in [0.05, 0.1) is 0 Å². The molecule has 0 aliphatic heterocycles. The summed E-state index contributed by atoms with van der Waals surface area (Å²) in [6.45, 7) is 0.832. The Labute approximate surface area is 132 Å². The average Bonchev–Trinajstić information content (AvgIpc) is 2.41. The first-order chi connectivity index (χ1) is 9.10. The molecule has 0 saturated carbocycles. The Morgan fingerprint density at radius 1 is 1.11 bits per heavy atom. The van der Waals surface area contributed by atoms with Crippen LogP contribution >= 0.6 is 39.1 Å². The van der Waals surface area contributed by atoms with E-state index in [9.17, 15) is 0 Å². The molecule has 0 spiro atoms. The summed E-state index contributed by atoms with van der Waals surface area (Å²) in [7, 11) is 2.06. The first-order valence-electron chi connectivity index (χ1n) is 5.90. The molecular weight excluding hydrogens is 345 g/mol. The normalized spacial score (nSPS) is 10.5. The largest absolute Gasteiger partial charge is 0.370 e. The smallest absolute Gasteiger partial charge is 0.0495 e. The summed E-state index contributed by atoms with van der Waals surface area (Å²) in [6, 6.07) is 14.1. The molecule has 100 valence electrons. The van der Waals surface area contributed by atoms with E-state index in [1.807, 2.05) is 30.3 Å². The molecule has 1 nitrogen and oxygen atoms in total. The van der Waals surface area contributed by atoms with E-state index in [1.165, 1.54) is 5.56 Å². The van der Waals surface area contributed by atoms with Crippen molar-refractivity contribution < 1.29 is 0 Å². The van der Waals surface area contributed by atoms with Gasteiger partial charge in [-0.25, -0.2) is 0 Å². The zero-order valence-electron chi connectivity index (χ0n) is 10.5. The maximum absolute atomic E-state index is 6.00. The Morgan fingerprint density at radius 2 is 1.79 bits per heavy atom. The van der Waals surface area contributed by atoms with Crippen LogP contribution < -0.4 is 4.90 Å². The van der Waals surface area contributed by atoms with Gasteiger partial charge in [0.15, 0.2) is 0 Å². The summed E-state index contributed by atoms with van der Waals surface area (Å²) < 4.78 is 1.09. The fraction of sp³-hybridized carbons (Fsp3) is 0.200. The van der Waals surface area contributed by atoms with Crippen LogP contribution in [-0.2, 0) is 12.4 Å². The molecule has 0 radical (unpaired) electrons. The summed E-state index contributed by atoms with van der Waals surface area (Å²) in [5.41, 5.74) is 3.41. The molecule has 4 heteroatoms. The van der Waals surface area contributed by atoms with Crippen LogP contribution in [0.4, 0.5) is 5.69 Å². The van der Waals surface area contributed by atoms with Crippen molar-refractivity contribution in [2.45, 2.75) is 12.4 Å². The quantitative estimate of drug-likeness (QED) is 0.654. The molecule has 2 aromatic rings. The molecule has 0 amide bonds. The average molecular weight is 359 g/mol. The highest BCUT2D eigenvalue weighted by Crippen LogP contribution is 2.26. The Balaban J connectivity index is 2.19. The van der Waals surface area contributed by atoms with Crippen LogP contribution in [0, 0.1) is 0 Å². The van der Waals surface area contributed by atoms with Gasteiger partial charge in [0.25, 0.3) is 0 Å². The zero-order valence-corrected chi connectivity index (χ0v) is 13.6. The topological polar surface area (TPSA) is 3.24 Å². The van der Waals surface area contributed by atoms with Crippen molar-refractivity contribution in [1.82, 2.24) is 0 Å². The second-order valence-electron chi connectivity index (χ2n) is 4.39. The van der Waals surface area contributed by atoms with Crippen LogP contribution in [-0.4, -0.2) is 7.05 Å². The van der Waals surface area contributed by atoms with Crippen LogP contribution in [0.1, 0.15) is 11.1 Å². The maximum Gasteiger partial charge on any atom is 0.0495 e. The van der Waals surface area contributed by atoms with E-state index >= 15 is 0 Å². The first-order valence-corrected chi connectivity index (χ1v) is 7.60. The Kier molecular flexibility index (Phi) is 5.14. The predicted molar refractivity (Wildman–Crippen MR) is 87.3 cm³/mol. The SMILES string of the molecule is CN(Cc1ccc(Br)cc1)c1ccc(Cl)cc1CCl. The highest BCUT2D eigenvalue weighted by Gasteiger charge is 2.08. The van der Waals surface area contributed by atoms with Gasteiger partial charge in [0.1, 0.15) is 0 Å². The van der Waals surface area contributed by atoms with E-state index in [0.717, 1.165) is 27.3 Å². The van der Waals surface area contributed by atoms with Crippen molar-refractivity contribution in [2.24, 2.45) is 0 Å². The lowest BCUT2D eigenvalue weighted by Gasteiger charge is -2.22. The third-order valence-electron chi connectivity index (χ3n) is 2.93. The molecule has 0 fully saturated rings. The van der Waals surface area contributed by atoms with Gasteiger partial charge in [-0.1, -0.05) is 39.7 Å². The number of alkyl halides is 1. The van der Waals surface area contributed by atoms with E-state index in [0.29, 0.717) is 5.88 Å². The van der Waals surface area contributed by atoms with Gasteiger partial charge in [-0.3, -0.25) is 0 Å². The molecule has 0 atom stereocenters. The van der Waals surface area contributed by atoms with Gasteiger partial charge >= 0.3 is 0 Å². The van der Waals surface area contributed by atoms with Crippen molar-refractivity contribution in [3.63, 3.8) is 0 Å². The zero-order chi connectivity index (χ0) is 13.8. The molecule has 0 aliphatic rings. The number of anilines is 1. The number of rotatable bonds is 4. The van der Waals surface area contributed by atoms with Gasteiger partial charge < -0.3 is 4.90 Å². The van der Waals surface area contributed by atoms with Crippen LogP contribution in [0.15, 0.2) is 46.9 Å². The minimum absolute atomic E-state index is 0.459. The lowest BCUT2D eigenvalue weighted by Crippen LogP contribution is -2.17. The number of hydrogen-bond donors (Lipinski definition) is 0. The minimum Gasteiger partial charge on any atom is -0.370 e. The van der Waals surface area contributed by atoms with Crippen molar-refractivity contribution in [2.75, 3.05) is 11.9 Å². The Bertz CT molecular complexity index is 555. The molecule has 0 aliphatic carbocycles. The van der Waals surface area contributed by atoms with Gasteiger partial charge in [0, 0.05) is 34.7 Å². The highest BCUT2D eigenvalue weighted by atomic mass is 79.9. The summed E-state index contributed by atoms with van der Waals surface area (Å²) >= 11 is 15.4. The van der Waals surface area contributed by atoms with Gasteiger partial charge in [-0.2, -0.15) is 0 Å². The van der Waals surface area contributed by atoms with Crippen LogP contribution in [0.2, 0.25) is 5.02 Å². The van der Waals surface area contributed by atoms with Crippen molar-refractivity contribution >= 4 is 44.8 Å². The van der Waals surface area contributed by atoms with Crippen molar-refractivity contribution in [3.05, 3.63) is 63.1 Å². The van der Waals surface area contributed by atoms with E-state index in [4.69, 9.17) is 23.2 Å². The van der Waals surface area contributed by atoms with E-state index < -0.39 is 0 Å². The lowest BCUT2D eigenvalue weighted by molar-refractivity contribution is 0.916. The number of hydrogen-bond acceptors (Lipinski definition) is 1. The summed E-state index contributed by atoms with van der Waals surface area (Å²) in [6.07, 6.45) is 0. The maximum atomic E-state index is 6.00. The van der Waals surface area contributed by atoms with Gasteiger partial charge in [0.2, 0.25) is 0 Å².